The first-order valence-electron chi connectivity index (χ1n) is 7.55. The Morgan fingerprint density at radius 3 is 3.05 bits per heavy atom. The van der Waals surface area contributed by atoms with Gasteiger partial charge in [0.05, 0.1) is 18.1 Å². The van der Waals surface area contributed by atoms with Crippen LogP contribution >= 0.6 is 0 Å². The van der Waals surface area contributed by atoms with E-state index in [2.05, 4.69) is 6.58 Å². The molecule has 5 atom stereocenters. The van der Waals surface area contributed by atoms with Crippen molar-refractivity contribution in [2.75, 3.05) is 20.3 Å². The third-order valence-corrected chi connectivity index (χ3v) is 4.94. The van der Waals surface area contributed by atoms with Crippen LogP contribution in [0.1, 0.15) is 12.8 Å². The van der Waals surface area contributed by atoms with Crippen molar-refractivity contribution in [3.05, 3.63) is 24.8 Å². The largest absolute Gasteiger partial charge is 0.550 e. The lowest BCUT2D eigenvalue weighted by molar-refractivity contribution is -0.313. The van der Waals surface area contributed by atoms with Crippen LogP contribution in [0.5, 0.6) is 0 Å². The number of rotatable bonds is 7. The molecule has 0 radical (unpaired) electrons. The molecule has 2 bridgehead atoms. The Labute approximate surface area is 129 Å². The number of methoxy groups -OCH3 is 1. The summed E-state index contributed by atoms with van der Waals surface area (Å²) in [5.41, 5.74) is -0.853. The van der Waals surface area contributed by atoms with Gasteiger partial charge in [0, 0.05) is 32.1 Å². The number of carboxylic acid groups (broad SMARTS) is 1. The van der Waals surface area contributed by atoms with E-state index in [0.717, 1.165) is 0 Å². The van der Waals surface area contributed by atoms with E-state index < -0.39 is 29.5 Å². The van der Waals surface area contributed by atoms with E-state index in [-0.39, 0.29) is 11.9 Å². The van der Waals surface area contributed by atoms with Crippen molar-refractivity contribution in [1.29, 1.82) is 0 Å². The zero-order chi connectivity index (χ0) is 15.9. The van der Waals surface area contributed by atoms with Crippen LogP contribution in [0.4, 0.5) is 0 Å². The fourth-order valence-electron chi connectivity index (χ4n) is 4.10. The minimum absolute atomic E-state index is 0.163. The number of hydrogen-bond donors (Lipinski definition) is 0. The van der Waals surface area contributed by atoms with Crippen LogP contribution in [-0.2, 0) is 19.1 Å². The summed E-state index contributed by atoms with van der Waals surface area (Å²) in [5, 5.41) is 11.5. The van der Waals surface area contributed by atoms with Gasteiger partial charge in [0.1, 0.15) is 5.60 Å². The highest BCUT2D eigenvalue weighted by Crippen LogP contribution is 2.55. The van der Waals surface area contributed by atoms with Crippen LogP contribution in [0.15, 0.2) is 24.8 Å². The van der Waals surface area contributed by atoms with Gasteiger partial charge in [0.15, 0.2) is 0 Å². The third-order valence-electron chi connectivity index (χ3n) is 4.94. The molecule has 0 unspecified atom stereocenters. The molecular weight excluding hydrogens is 286 g/mol. The number of nitrogens with zero attached hydrogens (tertiary/aromatic N) is 1. The molecule has 0 aromatic rings. The van der Waals surface area contributed by atoms with Crippen LogP contribution < -0.4 is 5.11 Å². The summed E-state index contributed by atoms with van der Waals surface area (Å²) in [6, 6.07) is -0.218. The second-order valence-electron chi connectivity index (χ2n) is 6.04. The SMILES string of the molecule is C=CC[C@H]1N(CCCOC)C(=O)[C@H]2[C@@H](C(=O)[O-])[C@@H]3C=C[C@]21O3. The number of carbonyl (C=O) groups is 2. The van der Waals surface area contributed by atoms with Crippen molar-refractivity contribution < 1.29 is 24.2 Å². The number of likely N-dealkylation sites (tertiary alicyclic amines) is 1. The summed E-state index contributed by atoms with van der Waals surface area (Å²) in [6.45, 7) is 4.82. The van der Waals surface area contributed by atoms with Gasteiger partial charge in [0.2, 0.25) is 5.91 Å². The highest BCUT2D eigenvalue weighted by Gasteiger charge is 2.69. The average molecular weight is 306 g/mol. The highest BCUT2D eigenvalue weighted by atomic mass is 16.5. The van der Waals surface area contributed by atoms with Gasteiger partial charge in [-0.25, -0.2) is 0 Å². The molecule has 0 aliphatic carbocycles. The van der Waals surface area contributed by atoms with E-state index in [1.807, 2.05) is 6.08 Å². The van der Waals surface area contributed by atoms with Gasteiger partial charge < -0.3 is 24.3 Å². The van der Waals surface area contributed by atoms with Crippen molar-refractivity contribution in [2.24, 2.45) is 11.8 Å². The Kier molecular flexibility index (Phi) is 3.82. The topological polar surface area (TPSA) is 78.9 Å². The predicted molar refractivity (Wildman–Crippen MR) is 75.5 cm³/mol. The van der Waals surface area contributed by atoms with Gasteiger partial charge >= 0.3 is 0 Å². The molecule has 3 aliphatic rings. The first-order valence-corrected chi connectivity index (χ1v) is 7.55. The number of carbonyl (C=O) groups excluding carboxylic acids is 2. The van der Waals surface area contributed by atoms with Crippen molar-refractivity contribution in [2.45, 2.75) is 30.6 Å². The molecule has 2 saturated heterocycles. The Balaban J connectivity index is 1.92. The number of ether oxygens (including phenoxy) is 2. The van der Waals surface area contributed by atoms with Gasteiger partial charge in [0.25, 0.3) is 0 Å². The summed E-state index contributed by atoms with van der Waals surface area (Å²) in [6.07, 6.45) is 6.05. The second-order valence-corrected chi connectivity index (χ2v) is 6.04. The summed E-state index contributed by atoms with van der Waals surface area (Å²) >= 11 is 0. The Morgan fingerprint density at radius 1 is 1.64 bits per heavy atom. The van der Waals surface area contributed by atoms with Gasteiger partial charge in [-0.05, 0) is 12.8 Å². The number of hydrogen-bond acceptors (Lipinski definition) is 5. The smallest absolute Gasteiger partial charge is 0.230 e. The minimum atomic E-state index is -1.22. The van der Waals surface area contributed by atoms with Crippen molar-refractivity contribution in [3.8, 4) is 0 Å². The molecule has 6 heteroatoms. The molecule has 120 valence electrons. The summed E-state index contributed by atoms with van der Waals surface area (Å²) in [7, 11) is 1.61. The lowest BCUT2D eigenvalue weighted by atomic mass is 9.74. The van der Waals surface area contributed by atoms with Crippen LogP contribution in [-0.4, -0.2) is 54.8 Å². The average Bonchev–Trinajstić information content (AvgIpc) is 3.11. The number of amides is 1. The van der Waals surface area contributed by atoms with E-state index in [4.69, 9.17) is 9.47 Å². The maximum absolute atomic E-state index is 12.8. The summed E-state index contributed by atoms with van der Waals surface area (Å²) < 4.78 is 11.0. The van der Waals surface area contributed by atoms with Gasteiger partial charge in [-0.3, -0.25) is 4.79 Å². The molecule has 6 nitrogen and oxygen atoms in total. The normalized spacial score (nSPS) is 38.6. The number of aliphatic carboxylic acids is 1. The number of fused-ring (bicyclic) bond motifs is 1. The molecule has 3 rings (SSSR count). The summed E-state index contributed by atoms with van der Waals surface area (Å²) in [5.74, 6) is -2.98. The molecule has 0 aromatic carbocycles. The Morgan fingerprint density at radius 2 is 2.41 bits per heavy atom. The van der Waals surface area contributed by atoms with Crippen LogP contribution in [0.2, 0.25) is 0 Å². The standard InChI is InChI=1S/C16H21NO5/c1-3-5-11-16-7-6-10(22-16)12(15(19)20)13(16)14(18)17(11)8-4-9-21-2/h3,6-7,10-13H,1,4-5,8-9H2,2H3,(H,19,20)/p-1/t10-,11+,12-,13+,16+/m0/s1. The molecule has 0 N–H and O–H groups in total. The quantitative estimate of drug-likeness (QED) is 0.468. The van der Waals surface area contributed by atoms with Crippen molar-refractivity contribution in [1.82, 2.24) is 4.90 Å². The van der Waals surface area contributed by atoms with Gasteiger partial charge in [-0.15, -0.1) is 6.58 Å². The first kappa shape index (κ1) is 15.2. The zero-order valence-electron chi connectivity index (χ0n) is 12.6. The van der Waals surface area contributed by atoms with E-state index in [1.54, 1.807) is 24.2 Å². The second kappa shape index (κ2) is 5.52. The van der Waals surface area contributed by atoms with E-state index in [1.165, 1.54) is 0 Å². The lowest BCUT2D eigenvalue weighted by Crippen LogP contribution is -2.46. The zero-order valence-corrected chi connectivity index (χ0v) is 12.6. The molecule has 2 fully saturated rings. The molecule has 3 heterocycles. The third kappa shape index (κ3) is 1.94. The molecular formula is C16H20NO5-. The minimum Gasteiger partial charge on any atom is -0.550 e. The van der Waals surface area contributed by atoms with E-state index >= 15 is 0 Å². The molecule has 1 spiro atoms. The van der Waals surface area contributed by atoms with Gasteiger partial charge in [-0.2, -0.15) is 0 Å². The van der Waals surface area contributed by atoms with Crippen LogP contribution in [0.3, 0.4) is 0 Å². The number of carboxylic acids is 1. The van der Waals surface area contributed by atoms with E-state index in [0.29, 0.717) is 26.0 Å². The fourth-order valence-corrected chi connectivity index (χ4v) is 4.10. The molecule has 0 aromatic heterocycles. The maximum atomic E-state index is 12.8. The molecule has 3 aliphatic heterocycles. The Hall–Kier alpha value is -1.66. The maximum Gasteiger partial charge on any atom is 0.230 e. The molecule has 0 saturated carbocycles. The van der Waals surface area contributed by atoms with Crippen LogP contribution in [0.25, 0.3) is 0 Å². The van der Waals surface area contributed by atoms with Crippen molar-refractivity contribution in [3.63, 3.8) is 0 Å². The lowest BCUT2D eigenvalue weighted by Gasteiger charge is -2.32. The predicted octanol–water partition coefficient (Wildman–Crippen LogP) is -0.500. The summed E-state index contributed by atoms with van der Waals surface area (Å²) in [4.78, 5) is 26.0. The van der Waals surface area contributed by atoms with Crippen LogP contribution in [0, 0.1) is 11.8 Å². The highest BCUT2D eigenvalue weighted by molar-refractivity contribution is 5.91. The Bertz CT molecular complexity index is 531. The van der Waals surface area contributed by atoms with E-state index in [9.17, 15) is 14.7 Å². The fraction of sp³-hybridized carbons (Fsp3) is 0.625. The van der Waals surface area contributed by atoms with Crippen molar-refractivity contribution >= 4 is 11.9 Å². The monoisotopic (exact) mass is 306 g/mol. The van der Waals surface area contributed by atoms with Gasteiger partial charge in [-0.1, -0.05) is 18.2 Å². The first-order chi connectivity index (χ1) is 10.6. The molecule has 22 heavy (non-hydrogen) atoms. The molecule has 1 amide bonds.